The van der Waals surface area contributed by atoms with Crippen molar-refractivity contribution in [1.82, 2.24) is 0 Å². The Kier molecular flexibility index (Phi) is 3.30. The second kappa shape index (κ2) is 4.69. The third-order valence-corrected chi connectivity index (χ3v) is 3.39. The Labute approximate surface area is 92.9 Å². The van der Waals surface area contributed by atoms with E-state index in [2.05, 4.69) is 37.4 Å². The van der Waals surface area contributed by atoms with E-state index in [1.54, 1.807) is 0 Å². The molecule has 82 valence electrons. The first-order valence-electron chi connectivity index (χ1n) is 6.19. The predicted octanol–water partition coefficient (Wildman–Crippen LogP) is 3.63. The number of nitrogens with one attached hydrogen (secondary N) is 1. The second-order valence-electron chi connectivity index (χ2n) is 4.54. The van der Waals surface area contributed by atoms with Gasteiger partial charge in [-0.15, -0.1) is 0 Å². The van der Waals surface area contributed by atoms with Crippen molar-refractivity contribution >= 4 is 5.69 Å². The van der Waals surface area contributed by atoms with E-state index in [1.165, 1.54) is 36.1 Å². The second-order valence-corrected chi connectivity index (χ2v) is 4.54. The van der Waals surface area contributed by atoms with E-state index in [0.29, 0.717) is 0 Å². The topological polar surface area (TPSA) is 12.0 Å². The molecule has 1 heteroatoms. The van der Waals surface area contributed by atoms with Gasteiger partial charge >= 0.3 is 0 Å². The van der Waals surface area contributed by atoms with Gasteiger partial charge in [0.1, 0.15) is 0 Å². The molecular weight excluding hydrogens is 182 g/mol. The molecule has 1 aliphatic heterocycles. The van der Waals surface area contributed by atoms with E-state index in [0.717, 1.165) is 18.9 Å². The number of hydrogen-bond acceptors (Lipinski definition) is 1. The highest BCUT2D eigenvalue weighted by Crippen LogP contribution is 2.30. The molecule has 0 spiro atoms. The van der Waals surface area contributed by atoms with Crippen LogP contribution in [-0.4, -0.2) is 6.54 Å². The summed E-state index contributed by atoms with van der Waals surface area (Å²) >= 11 is 0. The monoisotopic (exact) mass is 203 g/mol. The van der Waals surface area contributed by atoms with E-state index in [1.807, 2.05) is 0 Å². The van der Waals surface area contributed by atoms with E-state index in [9.17, 15) is 0 Å². The van der Waals surface area contributed by atoms with E-state index >= 15 is 0 Å². The molecule has 0 fully saturated rings. The lowest BCUT2D eigenvalue weighted by atomic mass is 9.89. The van der Waals surface area contributed by atoms with Crippen LogP contribution in [0, 0.1) is 5.92 Å². The lowest BCUT2D eigenvalue weighted by molar-refractivity contribution is 0.489. The molecule has 0 saturated heterocycles. The van der Waals surface area contributed by atoms with Gasteiger partial charge in [0.25, 0.3) is 0 Å². The maximum Gasteiger partial charge on any atom is 0.0405 e. The first kappa shape index (κ1) is 10.5. The van der Waals surface area contributed by atoms with Crippen LogP contribution in [-0.2, 0) is 12.8 Å². The van der Waals surface area contributed by atoms with Crippen LogP contribution >= 0.6 is 0 Å². The normalized spacial score (nSPS) is 19.5. The molecule has 1 aromatic carbocycles. The van der Waals surface area contributed by atoms with Crippen LogP contribution in [0.4, 0.5) is 5.69 Å². The van der Waals surface area contributed by atoms with E-state index in [-0.39, 0.29) is 0 Å². The summed E-state index contributed by atoms with van der Waals surface area (Å²) in [6.07, 6.45) is 5.05. The summed E-state index contributed by atoms with van der Waals surface area (Å²) in [5, 5.41) is 3.62. The molecule has 1 heterocycles. The van der Waals surface area contributed by atoms with Gasteiger partial charge in [0, 0.05) is 12.2 Å². The number of benzene rings is 1. The van der Waals surface area contributed by atoms with Crippen molar-refractivity contribution < 1.29 is 0 Å². The number of hydrogen-bond donors (Lipinski definition) is 1. The third kappa shape index (κ3) is 2.17. The summed E-state index contributed by atoms with van der Waals surface area (Å²) in [6, 6.07) is 6.73. The fourth-order valence-electron chi connectivity index (χ4n) is 2.59. The Morgan fingerprint density at radius 3 is 2.93 bits per heavy atom. The molecule has 2 rings (SSSR count). The number of anilines is 1. The quantitative estimate of drug-likeness (QED) is 0.791. The molecule has 1 N–H and O–H groups in total. The minimum absolute atomic E-state index is 0.842. The average molecular weight is 203 g/mol. The van der Waals surface area contributed by atoms with Crippen LogP contribution < -0.4 is 5.32 Å². The van der Waals surface area contributed by atoms with Crippen LogP contribution in [0.1, 0.15) is 37.8 Å². The van der Waals surface area contributed by atoms with Gasteiger partial charge in [-0.1, -0.05) is 38.5 Å². The number of rotatable bonds is 3. The summed E-state index contributed by atoms with van der Waals surface area (Å²) in [5.74, 6) is 0.842. The Morgan fingerprint density at radius 1 is 1.33 bits per heavy atom. The molecule has 0 saturated carbocycles. The molecule has 0 aliphatic carbocycles. The van der Waals surface area contributed by atoms with Gasteiger partial charge in [-0.3, -0.25) is 0 Å². The van der Waals surface area contributed by atoms with Crippen LogP contribution in [0.15, 0.2) is 18.2 Å². The SMILES string of the molecule is CCCC1CNc2c(CC)cccc2C1. The van der Waals surface area contributed by atoms with E-state index < -0.39 is 0 Å². The Hall–Kier alpha value is -0.980. The number of aryl methyl sites for hydroxylation is 1. The Bertz CT molecular complexity index is 330. The van der Waals surface area contributed by atoms with Crippen LogP contribution in [0.3, 0.4) is 0 Å². The maximum atomic E-state index is 3.62. The summed E-state index contributed by atoms with van der Waals surface area (Å²) in [7, 11) is 0. The van der Waals surface area contributed by atoms with Crippen molar-refractivity contribution in [2.24, 2.45) is 5.92 Å². The first-order valence-corrected chi connectivity index (χ1v) is 6.19. The molecule has 15 heavy (non-hydrogen) atoms. The standard InChI is InChI=1S/C14H21N/c1-3-6-11-9-13-8-5-7-12(4-2)14(13)15-10-11/h5,7-8,11,15H,3-4,6,9-10H2,1-2H3. The van der Waals surface area contributed by atoms with Crippen LogP contribution in [0.25, 0.3) is 0 Å². The molecule has 1 unspecified atom stereocenters. The van der Waals surface area contributed by atoms with Crippen molar-refractivity contribution in [3.8, 4) is 0 Å². The summed E-state index contributed by atoms with van der Waals surface area (Å²) in [5.41, 5.74) is 4.42. The summed E-state index contributed by atoms with van der Waals surface area (Å²) < 4.78 is 0. The lowest BCUT2D eigenvalue weighted by Gasteiger charge is -2.27. The van der Waals surface area contributed by atoms with Crippen molar-refractivity contribution in [2.45, 2.75) is 39.5 Å². The smallest absolute Gasteiger partial charge is 0.0405 e. The maximum absolute atomic E-state index is 3.62. The van der Waals surface area contributed by atoms with Gasteiger partial charge < -0.3 is 5.32 Å². The Balaban J connectivity index is 2.20. The fourth-order valence-corrected chi connectivity index (χ4v) is 2.59. The van der Waals surface area contributed by atoms with Crippen molar-refractivity contribution in [2.75, 3.05) is 11.9 Å². The lowest BCUT2D eigenvalue weighted by Crippen LogP contribution is -2.23. The predicted molar refractivity (Wildman–Crippen MR) is 66.4 cm³/mol. The molecule has 0 aromatic heterocycles. The van der Waals surface area contributed by atoms with Crippen LogP contribution in [0.5, 0.6) is 0 Å². The molecule has 0 amide bonds. The van der Waals surface area contributed by atoms with Gasteiger partial charge in [-0.2, -0.15) is 0 Å². The fraction of sp³-hybridized carbons (Fsp3) is 0.571. The first-order chi connectivity index (χ1) is 7.35. The molecule has 1 atom stereocenters. The average Bonchev–Trinajstić information content (AvgIpc) is 2.28. The molecular formula is C14H21N. The highest BCUT2D eigenvalue weighted by molar-refractivity contribution is 5.59. The zero-order valence-corrected chi connectivity index (χ0v) is 9.84. The minimum Gasteiger partial charge on any atom is -0.384 e. The summed E-state index contributed by atoms with van der Waals surface area (Å²) in [6.45, 7) is 5.67. The van der Waals surface area contributed by atoms with Gasteiger partial charge in [0.05, 0.1) is 0 Å². The molecule has 0 bridgehead atoms. The zero-order valence-electron chi connectivity index (χ0n) is 9.84. The molecule has 1 aliphatic rings. The molecule has 1 aromatic rings. The van der Waals surface area contributed by atoms with Gasteiger partial charge in [-0.05, 0) is 36.3 Å². The number of fused-ring (bicyclic) bond motifs is 1. The van der Waals surface area contributed by atoms with Gasteiger partial charge in [0.15, 0.2) is 0 Å². The summed E-state index contributed by atoms with van der Waals surface area (Å²) in [4.78, 5) is 0. The van der Waals surface area contributed by atoms with Gasteiger partial charge in [0.2, 0.25) is 0 Å². The van der Waals surface area contributed by atoms with Gasteiger partial charge in [-0.25, -0.2) is 0 Å². The third-order valence-electron chi connectivity index (χ3n) is 3.39. The van der Waals surface area contributed by atoms with Crippen molar-refractivity contribution in [3.63, 3.8) is 0 Å². The molecule has 0 radical (unpaired) electrons. The van der Waals surface area contributed by atoms with E-state index in [4.69, 9.17) is 0 Å². The zero-order chi connectivity index (χ0) is 10.7. The highest BCUT2D eigenvalue weighted by Gasteiger charge is 2.18. The molecule has 1 nitrogen and oxygen atoms in total. The van der Waals surface area contributed by atoms with Crippen LogP contribution in [0.2, 0.25) is 0 Å². The highest BCUT2D eigenvalue weighted by atomic mass is 14.9. The van der Waals surface area contributed by atoms with Crippen molar-refractivity contribution in [3.05, 3.63) is 29.3 Å². The largest absolute Gasteiger partial charge is 0.384 e. The van der Waals surface area contributed by atoms with Crippen molar-refractivity contribution in [1.29, 1.82) is 0 Å². The number of para-hydroxylation sites is 1. The minimum atomic E-state index is 0.842. The Morgan fingerprint density at radius 2 is 2.20 bits per heavy atom.